The molecule has 10 atom stereocenters. The number of ether oxygens (including phenoxy) is 1. The van der Waals surface area contributed by atoms with E-state index in [1.54, 1.807) is 0 Å². The molecule has 5 fully saturated rings. The van der Waals surface area contributed by atoms with Gasteiger partial charge in [-0.2, -0.15) is 13.2 Å². The van der Waals surface area contributed by atoms with Crippen molar-refractivity contribution in [2.75, 3.05) is 0 Å². The molecule has 0 aromatic rings. The van der Waals surface area contributed by atoms with E-state index in [0.29, 0.717) is 40.9 Å². The van der Waals surface area contributed by atoms with Crippen molar-refractivity contribution in [3.05, 3.63) is 11.8 Å². The first-order valence-corrected chi connectivity index (χ1v) is 12.5. The summed E-state index contributed by atoms with van der Waals surface area (Å²) in [7, 11) is 0. The van der Waals surface area contributed by atoms with Crippen LogP contribution in [0.15, 0.2) is 11.8 Å². The summed E-state index contributed by atoms with van der Waals surface area (Å²) >= 11 is 0. The maximum absolute atomic E-state index is 13.3. The van der Waals surface area contributed by atoms with Gasteiger partial charge in [0.1, 0.15) is 6.10 Å². The van der Waals surface area contributed by atoms with E-state index >= 15 is 0 Å². The monoisotopic (exact) mass is 438 g/mol. The number of aliphatic hydroxyl groups is 1. The largest absolute Gasteiger partial charge is 0.486 e. The van der Waals surface area contributed by atoms with E-state index in [9.17, 15) is 18.3 Å². The van der Waals surface area contributed by atoms with Gasteiger partial charge in [0, 0.05) is 5.92 Å². The van der Waals surface area contributed by atoms with Crippen LogP contribution in [0.3, 0.4) is 0 Å². The van der Waals surface area contributed by atoms with Crippen LogP contribution in [0.2, 0.25) is 0 Å². The van der Waals surface area contributed by atoms with Gasteiger partial charge in [-0.3, -0.25) is 0 Å². The fourth-order valence-corrected chi connectivity index (χ4v) is 10.9. The fourth-order valence-electron chi connectivity index (χ4n) is 10.9. The Morgan fingerprint density at radius 2 is 1.71 bits per heavy atom. The van der Waals surface area contributed by atoms with Crippen LogP contribution in [0.25, 0.3) is 0 Å². The number of aliphatic hydroxyl groups excluding tert-OH is 1. The number of allylic oxidation sites excluding steroid dienone is 2. The highest BCUT2D eigenvalue weighted by Gasteiger charge is 2.84. The molecule has 0 radical (unpaired) electrons. The van der Waals surface area contributed by atoms with Crippen molar-refractivity contribution in [3.63, 3.8) is 0 Å². The van der Waals surface area contributed by atoms with Crippen molar-refractivity contribution in [3.8, 4) is 0 Å². The van der Waals surface area contributed by atoms with E-state index in [1.165, 1.54) is 18.9 Å². The lowest BCUT2D eigenvalue weighted by Gasteiger charge is -2.59. The molecule has 1 heterocycles. The SMILES string of the molecule is C[C@@H]1[C@]23CC[C@H](O)C(C)(C)C2CCC2C4CC5OC(C(F)(F)F)=CCC5[C@@]4(C)CC[C@@]213. The molecule has 5 heteroatoms. The molecule has 2 spiro atoms. The van der Waals surface area contributed by atoms with Gasteiger partial charge in [0.25, 0.3) is 0 Å². The van der Waals surface area contributed by atoms with Crippen molar-refractivity contribution >= 4 is 0 Å². The summed E-state index contributed by atoms with van der Waals surface area (Å²) in [5.74, 6) is 1.77. The second-order valence-electron chi connectivity index (χ2n) is 12.8. The Hall–Kier alpha value is -0.710. The van der Waals surface area contributed by atoms with E-state index in [-0.39, 0.29) is 29.0 Å². The van der Waals surface area contributed by atoms with Crippen LogP contribution in [0.4, 0.5) is 13.2 Å². The zero-order valence-electron chi connectivity index (χ0n) is 19.3. The van der Waals surface area contributed by atoms with E-state index < -0.39 is 11.9 Å². The highest BCUT2D eigenvalue weighted by atomic mass is 19.4. The summed E-state index contributed by atoms with van der Waals surface area (Å²) < 4.78 is 45.6. The van der Waals surface area contributed by atoms with Crippen LogP contribution in [-0.2, 0) is 4.74 Å². The second kappa shape index (κ2) is 5.85. The predicted octanol–water partition coefficient (Wildman–Crippen LogP) is 6.49. The number of hydrogen-bond acceptors (Lipinski definition) is 2. The predicted molar refractivity (Wildman–Crippen MR) is 112 cm³/mol. The zero-order chi connectivity index (χ0) is 22.2. The van der Waals surface area contributed by atoms with Crippen LogP contribution in [0, 0.1) is 51.2 Å². The molecule has 1 N–H and O–H groups in total. The Morgan fingerprint density at radius 3 is 2.42 bits per heavy atom. The maximum Gasteiger partial charge on any atom is 0.448 e. The smallest absolute Gasteiger partial charge is 0.448 e. The Bertz CT molecular complexity index is 833. The average Bonchev–Trinajstić information content (AvgIpc) is 3.07. The normalized spacial score (nSPS) is 56.8. The molecule has 6 aliphatic rings. The molecule has 0 bridgehead atoms. The molecule has 174 valence electrons. The molecule has 6 rings (SSSR count). The van der Waals surface area contributed by atoms with Crippen molar-refractivity contribution < 1.29 is 23.0 Å². The van der Waals surface area contributed by atoms with E-state index in [4.69, 9.17) is 4.74 Å². The van der Waals surface area contributed by atoms with Gasteiger partial charge in [-0.1, -0.05) is 27.7 Å². The highest BCUT2D eigenvalue weighted by molar-refractivity contribution is 5.32. The molecule has 0 aromatic carbocycles. The first-order chi connectivity index (χ1) is 14.4. The third-order valence-electron chi connectivity index (χ3n) is 12.3. The molecule has 1 aliphatic heterocycles. The van der Waals surface area contributed by atoms with E-state index in [2.05, 4.69) is 27.7 Å². The van der Waals surface area contributed by atoms with Crippen LogP contribution in [0.5, 0.6) is 0 Å². The summed E-state index contributed by atoms with van der Waals surface area (Å²) in [6, 6.07) is 0. The number of rotatable bonds is 0. The Balaban J connectivity index is 1.33. The van der Waals surface area contributed by atoms with Gasteiger partial charge in [-0.05, 0) is 103 Å². The number of alkyl halides is 3. The van der Waals surface area contributed by atoms with Gasteiger partial charge >= 0.3 is 6.18 Å². The molecule has 2 nitrogen and oxygen atoms in total. The number of hydrogen-bond donors (Lipinski definition) is 1. The van der Waals surface area contributed by atoms with Crippen molar-refractivity contribution in [2.24, 2.45) is 51.2 Å². The molecule has 5 saturated carbocycles. The molecular weight excluding hydrogens is 401 g/mol. The van der Waals surface area contributed by atoms with E-state index in [0.717, 1.165) is 32.1 Å². The first-order valence-electron chi connectivity index (χ1n) is 12.5. The lowest BCUT2D eigenvalue weighted by Crippen LogP contribution is -2.54. The van der Waals surface area contributed by atoms with Crippen LogP contribution in [0.1, 0.15) is 79.1 Å². The fraction of sp³-hybridized carbons (Fsp3) is 0.923. The number of halogens is 3. The topological polar surface area (TPSA) is 29.5 Å². The third-order valence-corrected chi connectivity index (χ3v) is 12.3. The van der Waals surface area contributed by atoms with Gasteiger partial charge in [-0.15, -0.1) is 0 Å². The van der Waals surface area contributed by atoms with Gasteiger partial charge in [-0.25, -0.2) is 0 Å². The summed E-state index contributed by atoms with van der Waals surface area (Å²) in [6.07, 6.45) is 4.46. The van der Waals surface area contributed by atoms with Gasteiger partial charge in [0.2, 0.25) is 0 Å². The average molecular weight is 439 g/mol. The minimum atomic E-state index is -4.37. The van der Waals surface area contributed by atoms with Crippen molar-refractivity contribution in [1.29, 1.82) is 0 Å². The van der Waals surface area contributed by atoms with Gasteiger partial charge < -0.3 is 9.84 Å². The zero-order valence-corrected chi connectivity index (χ0v) is 19.3. The molecule has 5 unspecified atom stereocenters. The van der Waals surface area contributed by atoms with Crippen molar-refractivity contribution in [1.82, 2.24) is 0 Å². The minimum Gasteiger partial charge on any atom is -0.486 e. The standard InChI is InChI=1S/C26H37F3O2/c1-14-24-12-11-23(4)16-6-8-21(26(27,28)29)31-18(16)13-17(23)15(24)5-7-19-22(2,3)20(30)9-10-25(14,19)24/h8,14-20,30H,5-7,9-13H2,1-4H3/t14-,15?,16?,17?,18?,19?,20-,23+,24-,25+/m0/s1. The van der Waals surface area contributed by atoms with E-state index in [1.807, 2.05) is 0 Å². The molecule has 31 heavy (non-hydrogen) atoms. The maximum atomic E-state index is 13.3. The highest BCUT2D eigenvalue weighted by Crippen LogP contribution is 2.89. The van der Waals surface area contributed by atoms with Crippen LogP contribution < -0.4 is 0 Å². The molecule has 5 aliphatic carbocycles. The first kappa shape index (κ1) is 20.9. The lowest BCUT2D eigenvalue weighted by molar-refractivity contribution is -0.150. The van der Waals surface area contributed by atoms with Crippen LogP contribution >= 0.6 is 0 Å². The summed E-state index contributed by atoms with van der Waals surface area (Å²) in [6.45, 7) is 9.38. The Labute approximate surface area is 184 Å². The number of fused-ring (bicyclic) bond motifs is 4. The molecule has 0 aromatic heterocycles. The van der Waals surface area contributed by atoms with Crippen molar-refractivity contribution in [2.45, 2.75) is 97.4 Å². The summed E-state index contributed by atoms with van der Waals surface area (Å²) in [4.78, 5) is 0. The Kier molecular flexibility index (Phi) is 3.94. The Morgan fingerprint density at radius 1 is 0.968 bits per heavy atom. The molecule has 0 amide bonds. The third kappa shape index (κ3) is 2.21. The van der Waals surface area contributed by atoms with Gasteiger partial charge in [0.05, 0.1) is 6.10 Å². The summed E-state index contributed by atoms with van der Waals surface area (Å²) in [5, 5.41) is 10.8. The van der Waals surface area contributed by atoms with Gasteiger partial charge in [0.15, 0.2) is 5.76 Å². The minimum absolute atomic E-state index is 0.0416. The quantitative estimate of drug-likeness (QED) is 0.469. The van der Waals surface area contributed by atoms with Crippen LogP contribution in [-0.4, -0.2) is 23.5 Å². The summed E-state index contributed by atoms with van der Waals surface area (Å²) in [5.41, 5.74) is 0.726. The lowest BCUT2D eigenvalue weighted by atomic mass is 9.46. The molecular formula is C26H37F3O2. The second-order valence-corrected chi connectivity index (χ2v) is 12.8. The molecule has 0 saturated heterocycles.